The van der Waals surface area contributed by atoms with E-state index in [0.717, 1.165) is 66.8 Å². The Morgan fingerprint density at radius 1 is 0.500 bits per heavy atom. The highest BCUT2D eigenvalue weighted by molar-refractivity contribution is 5.98. The normalized spacial score (nSPS) is 14.1. The lowest BCUT2D eigenvalue weighted by atomic mass is 9.65. The second kappa shape index (κ2) is 17.7. The Bertz CT molecular complexity index is 3660. The van der Waals surface area contributed by atoms with E-state index in [1.54, 1.807) is 19.2 Å². The highest BCUT2D eigenvalue weighted by Gasteiger charge is 2.36. The van der Waals surface area contributed by atoms with Gasteiger partial charge in [0, 0.05) is 36.7 Å². The third kappa shape index (κ3) is 8.90. The second-order valence-electron chi connectivity index (χ2n) is 22.6. The van der Waals surface area contributed by atoms with E-state index in [2.05, 4.69) is 184 Å². The summed E-state index contributed by atoms with van der Waals surface area (Å²) >= 11 is 0. The number of nitrogens with zero attached hydrogens (tertiary/aromatic N) is 3. The Labute approximate surface area is 425 Å². The molecule has 0 saturated heterocycles. The van der Waals surface area contributed by atoms with Crippen LogP contribution >= 0.6 is 0 Å². The summed E-state index contributed by atoms with van der Waals surface area (Å²) in [6.07, 6.45) is 1.71. The van der Waals surface area contributed by atoms with E-state index in [-0.39, 0.29) is 33.1 Å². The molecule has 0 bridgehead atoms. The first kappa shape index (κ1) is 40.8. The minimum atomic E-state index is -2.65. The fourth-order valence-electron chi connectivity index (χ4n) is 9.42. The maximum atomic E-state index is 12.7. The molecule has 0 saturated carbocycles. The summed E-state index contributed by atoms with van der Waals surface area (Å²) in [5, 5.41) is 12.7. The Kier molecular flexibility index (Phi) is 10.3. The number of rotatable bonds is 8. The van der Waals surface area contributed by atoms with E-state index in [4.69, 9.17) is 18.2 Å². The molecule has 0 amide bonds. The summed E-state index contributed by atoms with van der Waals surface area (Å²) in [5.41, 5.74) is 14.0. The van der Waals surface area contributed by atoms with Crippen molar-refractivity contribution in [3.8, 4) is 78.6 Å². The predicted octanol–water partition coefficient (Wildman–Crippen LogP) is 18.0. The van der Waals surface area contributed by atoms with E-state index >= 15 is 0 Å². The van der Waals surface area contributed by atoms with E-state index in [1.807, 2.05) is 36.4 Å². The topological polar surface area (TPSA) is 50.9 Å². The van der Waals surface area contributed by atoms with Crippen LogP contribution < -0.4 is 0 Å². The van der Waals surface area contributed by atoms with Gasteiger partial charge in [-0.1, -0.05) is 173 Å². The molecule has 0 atom stereocenters. The molecular formula is C66H69N3O. The minimum absolute atomic E-state index is 0.0496. The number of imidazole rings is 1. The lowest BCUT2D eigenvalue weighted by molar-refractivity contribution is 0.225. The van der Waals surface area contributed by atoms with Crippen LogP contribution in [0.1, 0.15) is 118 Å². The molecule has 9 aromatic rings. The summed E-state index contributed by atoms with van der Waals surface area (Å²) in [6, 6.07) is 51.5. The number of para-hydroxylation sites is 1. The van der Waals surface area contributed by atoms with Gasteiger partial charge in [-0.2, -0.15) is 0 Å². The van der Waals surface area contributed by atoms with Crippen LogP contribution in [0.3, 0.4) is 0 Å². The molecule has 2 aromatic heterocycles. The van der Waals surface area contributed by atoms with Gasteiger partial charge < -0.3 is 5.11 Å². The molecule has 354 valence electrons. The molecule has 0 spiro atoms. The first-order valence-electron chi connectivity index (χ1n) is 27.4. The number of hydrogen-bond donors (Lipinski definition) is 1. The number of aryl methyl sites for hydroxylation is 2. The number of aromatic nitrogens is 3. The molecule has 1 N–H and O–H groups in total. The number of fused-ring (bicyclic) bond motifs is 1. The van der Waals surface area contributed by atoms with Gasteiger partial charge in [0.15, 0.2) is 0 Å². The smallest absolute Gasteiger partial charge is 0.149 e. The van der Waals surface area contributed by atoms with Crippen LogP contribution in [0.15, 0.2) is 158 Å². The molecule has 0 radical (unpaired) electrons. The molecule has 0 aliphatic rings. The van der Waals surface area contributed by atoms with Gasteiger partial charge in [-0.05, 0) is 158 Å². The van der Waals surface area contributed by atoms with E-state index in [9.17, 15) is 5.11 Å². The number of hydrogen-bond acceptors (Lipinski definition) is 3. The standard InChI is InChI=1S/C66H69N3O/c1-41-32-47(33-42(2)43(41)3)46-30-31-67-57(37-46)50-35-48(44-22-17-15-18-23-44)34-49(36-50)53-26-21-27-59-60(53)68-62(55-39-52(63(4,5)6)40-56(61(55)70)64(7,8)9)69(59)58-29-28-51(66(13,14)65(10,11)12)38-54(58)45-24-19-16-20-25-45/h15-40,70H,1-14H3/i1D3,3D3. The van der Waals surface area contributed by atoms with Gasteiger partial charge in [0.1, 0.15) is 11.6 Å². The van der Waals surface area contributed by atoms with E-state index < -0.39 is 19.1 Å². The van der Waals surface area contributed by atoms with Crippen molar-refractivity contribution in [1.82, 2.24) is 14.5 Å². The molecule has 2 heterocycles. The molecule has 0 aliphatic heterocycles. The van der Waals surface area contributed by atoms with E-state index in [1.165, 1.54) is 11.6 Å². The molecule has 70 heavy (non-hydrogen) atoms. The first-order chi connectivity index (χ1) is 35.4. The zero-order valence-electron chi connectivity index (χ0n) is 48.8. The fourth-order valence-corrected chi connectivity index (χ4v) is 9.42. The van der Waals surface area contributed by atoms with Crippen LogP contribution in [0, 0.1) is 26.0 Å². The summed E-state index contributed by atoms with van der Waals surface area (Å²) < 4.78 is 51.9. The average molecular weight is 926 g/mol. The van der Waals surface area contributed by atoms with Gasteiger partial charge in [-0.3, -0.25) is 9.55 Å². The Hall–Kier alpha value is -7.04. The second-order valence-corrected chi connectivity index (χ2v) is 22.6. The number of pyridine rings is 1. The molecule has 9 rings (SSSR count). The van der Waals surface area contributed by atoms with Crippen LogP contribution in [-0.4, -0.2) is 19.6 Å². The van der Waals surface area contributed by atoms with Gasteiger partial charge in [0.05, 0.1) is 28.0 Å². The van der Waals surface area contributed by atoms with Crippen LogP contribution in [-0.2, 0) is 16.2 Å². The molecule has 4 nitrogen and oxygen atoms in total. The van der Waals surface area contributed by atoms with Crippen LogP contribution in [0.5, 0.6) is 5.75 Å². The van der Waals surface area contributed by atoms with Crippen LogP contribution in [0.4, 0.5) is 0 Å². The Morgan fingerprint density at radius 3 is 1.80 bits per heavy atom. The number of benzene rings is 7. The van der Waals surface area contributed by atoms with E-state index in [0.29, 0.717) is 33.8 Å². The highest BCUT2D eigenvalue weighted by atomic mass is 16.3. The zero-order chi connectivity index (χ0) is 55.1. The van der Waals surface area contributed by atoms with Crippen molar-refractivity contribution in [2.24, 2.45) is 5.41 Å². The lowest BCUT2D eigenvalue weighted by Crippen LogP contribution is -2.34. The van der Waals surface area contributed by atoms with Crippen molar-refractivity contribution in [1.29, 1.82) is 0 Å². The Balaban J connectivity index is 1.35. The van der Waals surface area contributed by atoms with Crippen molar-refractivity contribution in [2.45, 2.75) is 113 Å². The van der Waals surface area contributed by atoms with Gasteiger partial charge in [-0.25, -0.2) is 4.98 Å². The minimum Gasteiger partial charge on any atom is -0.507 e. The van der Waals surface area contributed by atoms with Crippen molar-refractivity contribution in [2.75, 3.05) is 0 Å². The third-order valence-corrected chi connectivity index (χ3v) is 14.7. The monoisotopic (exact) mass is 926 g/mol. The molecule has 0 fully saturated rings. The third-order valence-electron chi connectivity index (χ3n) is 14.7. The van der Waals surface area contributed by atoms with Crippen molar-refractivity contribution in [3.05, 3.63) is 191 Å². The summed E-state index contributed by atoms with van der Waals surface area (Å²) in [7, 11) is 0. The maximum Gasteiger partial charge on any atom is 0.149 e. The molecule has 7 aromatic carbocycles. The zero-order valence-corrected chi connectivity index (χ0v) is 42.8. The summed E-state index contributed by atoms with van der Waals surface area (Å²) in [4.78, 5) is 10.6. The quantitative estimate of drug-likeness (QED) is 0.165. The Morgan fingerprint density at radius 2 is 1.14 bits per heavy atom. The SMILES string of the molecule is [2H]C([2H])([2H])c1cc(-c2ccnc(-c3cc(-c4ccccc4)cc(-c4cccc5c4nc(-c4cc(C(C)(C)C)cc(C(C)(C)C)c4O)n5-c4ccc(C(C)(C)C(C)(C)C)cc4-c4ccccc4)c3)c2)cc(C)c1C([2H])([2H])[2H]. The van der Waals surface area contributed by atoms with Gasteiger partial charge in [-0.15, -0.1) is 0 Å². The lowest BCUT2D eigenvalue weighted by Gasteiger charge is -2.40. The van der Waals surface area contributed by atoms with Gasteiger partial charge >= 0.3 is 0 Å². The molecule has 0 aliphatic carbocycles. The molecule has 0 unspecified atom stereocenters. The highest BCUT2D eigenvalue weighted by Crippen LogP contribution is 2.48. The number of phenolic OH excluding ortho intramolecular Hbond substituents is 1. The van der Waals surface area contributed by atoms with Crippen molar-refractivity contribution in [3.63, 3.8) is 0 Å². The maximum absolute atomic E-state index is 12.7. The van der Waals surface area contributed by atoms with Gasteiger partial charge in [0.2, 0.25) is 0 Å². The number of phenols is 1. The fraction of sp³-hybridized carbons (Fsp3) is 0.273. The summed E-state index contributed by atoms with van der Waals surface area (Å²) in [6.45, 7) is 20.9. The van der Waals surface area contributed by atoms with Gasteiger partial charge in [0.25, 0.3) is 0 Å². The molecule has 4 heteroatoms. The summed E-state index contributed by atoms with van der Waals surface area (Å²) in [5.74, 6) is 0.806. The van der Waals surface area contributed by atoms with Crippen LogP contribution in [0.2, 0.25) is 0 Å². The largest absolute Gasteiger partial charge is 0.507 e. The predicted molar refractivity (Wildman–Crippen MR) is 297 cm³/mol. The van der Waals surface area contributed by atoms with Crippen molar-refractivity contribution >= 4 is 11.0 Å². The molecular weight excluding hydrogens is 851 g/mol. The van der Waals surface area contributed by atoms with Crippen LogP contribution in [0.25, 0.3) is 83.9 Å². The number of aromatic hydroxyl groups is 1. The first-order valence-corrected chi connectivity index (χ1v) is 24.4. The van der Waals surface area contributed by atoms with Crippen molar-refractivity contribution < 1.29 is 13.3 Å². The average Bonchev–Trinajstić information content (AvgIpc) is 3.75.